The zero-order chi connectivity index (χ0) is 23.4. The van der Waals surface area contributed by atoms with Gasteiger partial charge in [0, 0.05) is 30.9 Å². The molecule has 0 fully saturated rings. The topological polar surface area (TPSA) is 80.0 Å². The number of aryl methyl sites for hydroxylation is 1. The summed E-state index contributed by atoms with van der Waals surface area (Å²) < 4.78 is 38.1. The molecular formula is C24H25F3N4OS. The van der Waals surface area contributed by atoms with Crippen molar-refractivity contribution in [2.75, 3.05) is 17.2 Å². The minimum absolute atomic E-state index is 0.0561. The van der Waals surface area contributed by atoms with Gasteiger partial charge in [0.15, 0.2) is 5.13 Å². The quantitative estimate of drug-likeness (QED) is 0.442. The van der Waals surface area contributed by atoms with Gasteiger partial charge in [-0.15, -0.1) is 0 Å². The fourth-order valence-electron chi connectivity index (χ4n) is 3.80. The van der Waals surface area contributed by atoms with E-state index in [4.69, 9.17) is 5.73 Å². The number of fused-ring (bicyclic) bond motifs is 1. The van der Waals surface area contributed by atoms with Crippen molar-refractivity contribution in [2.45, 2.75) is 44.3 Å². The lowest BCUT2D eigenvalue weighted by Gasteiger charge is -2.15. The van der Waals surface area contributed by atoms with Crippen LogP contribution in [0.2, 0.25) is 0 Å². The lowest BCUT2D eigenvalue weighted by Crippen LogP contribution is -2.31. The van der Waals surface area contributed by atoms with Crippen molar-refractivity contribution in [1.29, 1.82) is 0 Å². The number of nitrogens with two attached hydrogens (primary N) is 1. The van der Waals surface area contributed by atoms with Crippen molar-refractivity contribution in [3.05, 3.63) is 65.4 Å². The SMILES string of the molecule is N[C@H](CNc1ncc(-c2ccc3c(c2)CCCCC(=O)N3)s1)Cc1ccc(C(F)(F)F)cc1. The van der Waals surface area contributed by atoms with E-state index < -0.39 is 11.7 Å². The molecular weight excluding hydrogens is 449 g/mol. The molecule has 174 valence electrons. The maximum atomic E-state index is 12.7. The largest absolute Gasteiger partial charge is 0.416 e. The van der Waals surface area contributed by atoms with Crippen LogP contribution in [0.1, 0.15) is 36.0 Å². The van der Waals surface area contributed by atoms with E-state index in [9.17, 15) is 18.0 Å². The van der Waals surface area contributed by atoms with Crippen LogP contribution in [-0.2, 0) is 23.8 Å². The van der Waals surface area contributed by atoms with E-state index in [1.807, 2.05) is 12.1 Å². The first-order valence-corrected chi connectivity index (χ1v) is 11.6. The number of anilines is 2. The number of halogens is 3. The highest BCUT2D eigenvalue weighted by Gasteiger charge is 2.29. The molecule has 3 aromatic rings. The number of hydrogen-bond acceptors (Lipinski definition) is 5. The Hall–Kier alpha value is -2.91. The van der Waals surface area contributed by atoms with Crippen LogP contribution in [0.5, 0.6) is 0 Å². The number of aromatic nitrogens is 1. The van der Waals surface area contributed by atoms with E-state index in [0.717, 1.165) is 63.8 Å². The fraction of sp³-hybridized carbons (Fsp3) is 0.333. The normalized spacial score (nSPS) is 15.2. The van der Waals surface area contributed by atoms with Crippen molar-refractivity contribution in [3.63, 3.8) is 0 Å². The third-order valence-corrected chi connectivity index (χ3v) is 6.57. The monoisotopic (exact) mass is 474 g/mol. The van der Waals surface area contributed by atoms with Crippen LogP contribution in [0.4, 0.5) is 24.0 Å². The van der Waals surface area contributed by atoms with Crippen molar-refractivity contribution >= 4 is 28.1 Å². The molecule has 1 aromatic heterocycles. The Labute approximate surface area is 194 Å². The summed E-state index contributed by atoms with van der Waals surface area (Å²) in [5.74, 6) is 0.0561. The summed E-state index contributed by atoms with van der Waals surface area (Å²) in [6.45, 7) is 0.449. The number of carbonyl (C=O) groups excluding carboxylic acids is 1. The molecule has 0 saturated carbocycles. The Morgan fingerprint density at radius 2 is 1.88 bits per heavy atom. The minimum atomic E-state index is -4.34. The molecule has 0 unspecified atom stereocenters. The van der Waals surface area contributed by atoms with E-state index in [-0.39, 0.29) is 11.9 Å². The molecule has 5 nitrogen and oxygen atoms in total. The molecule has 1 aliphatic heterocycles. The number of hydrogen-bond donors (Lipinski definition) is 3. The van der Waals surface area contributed by atoms with Gasteiger partial charge in [-0.25, -0.2) is 4.98 Å². The number of nitrogens with one attached hydrogen (secondary N) is 2. The van der Waals surface area contributed by atoms with Crippen LogP contribution >= 0.6 is 11.3 Å². The van der Waals surface area contributed by atoms with Gasteiger partial charge in [0.25, 0.3) is 0 Å². The molecule has 33 heavy (non-hydrogen) atoms. The lowest BCUT2D eigenvalue weighted by atomic mass is 9.99. The first-order valence-electron chi connectivity index (χ1n) is 10.8. The standard InChI is InChI=1S/C24H25F3N4OS/c25-24(26,27)18-8-5-15(6-9-18)11-19(28)13-29-23-30-14-21(33-23)17-7-10-20-16(12-17)3-1-2-4-22(32)31-20/h5-10,12,14,19H,1-4,11,13,28H2,(H,29,30)(H,31,32)/t19-/m0/s1. The highest BCUT2D eigenvalue weighted by Crippen LogP contribution is 2.33. The van der Waals surface area contributed by atoms with Gasteiger partial charge < -0.3 is 16.4 Å². The Bertz CT molecular complexity index is 1110. The van der Waals surface area contributed by atoms with Gasteiger partial charge in [0.05, 0.1) is 10.4 Å². The average Bonchev–Trinajstić information content (AvgIpc) is 3.23. The molecule has 0 radical (unpaired) electrons. The van der Waals surface area contributed by atoms with Crippen LogP contribution in [0.15, 0.2) is 48.7 Å². The number of alkyl halides is 3. The van der Waals surface area contributed by atoms with Gasteiger partial charge in [-0.1, -0.05) is 29.5 Å². The van der Waals surface area contributed by atoms with Gasteiger partial charge in [-0.2, -0.15) is 13.2 Å². The summed E-state index contributed by atoms with van der Waals surface area (Å²) in [5, 5.41) is 6.93. The summed E-state index contributed by atoms with van der Waals surface area (Å²) in [6, 6.07) is 10.9. The Balaban J connectivity index is 1.35. The number of rotatable bonds is 6. The van der Waals surface area contributed by atoms with Crippen molar-refractivity contribution in [1.82, 2.24) is 4.98 Å². The molecule has 0 bridgehead atoms. The Morgan fingerprint density at radius 3 is 2.64 bits per heavy atom. The molecule has 1 aliphatic rings. The number of thiazole rings is 1. The predicted molar refractivity (Wildman–Crippen MR) is 125 cm³/mol. The summed E-state index contributed by atoms with van der Waals surface area (Å²) in [4.78, 5) is 17.3. The highest BCUT2D eigenvalue weighted by atomic mass is 32.1. The molecule has 2 aromatic carbocycles. The Kier molecular flexibility index (Phi) is 6.99. The molecule has 4 N–H and O–H groups in total. The van der Waals surface area contributed by atoms with Gasteiger partial charge in [0.2, 0.25) is 5.91 Å². The number of nitrogens with zero attached hydrogens (tertiary/aromatic N) is 1. The number of amides is 1. The second kappa shape index (κ2) is 9.93. The smallest absolute Gasteiger partial charge is 0.360 e. The van der Waals surface area contributed by atoms with Crippen molar-refractivity contribution < 1.29 is 18.0 Å². The number of benzene rings is 2. The Morgan fingerprint density at radius 1 is 1.12 bits per heavy atom. The zero-order valence-corrected chi connectivity index (χ0v) is 18.7. The van der Waals surface area contributed by atoms with E-state index in [1.54, 1.807) is 6.20 Å². The van der Waals surface area contributed by atoms with E-state index in [1.165, 1.54) is 23.5 Å². The van der Waals surface area contributed by atoms with Crippen molar-refractivity contribution in [3.8, 4) is 10.4 Å². The van der Waals surface area contributed by atoms with Gasteiger partial charge in [-0.3, -0.25) is 4.79 Å². The third-order valence-electron chi connectivity index (χ3n) is 5.56. The third kappa shape index (κ3) is 6.11. The van der Waals surface area contributed by atoms with Gasteiger partial charge in [-0.05, 0) is 66.6 Å². The first-order chi connectivity index (χ1) is 15.8. The second-order valence-electron chi connectivity index (χ2n) is 8.20. The zero-order valence-electron chi connectivity index (χ0n) is 17.9. The maximum absolute atomic E-state index is 12.7. The van der Waals surface area contributed by atoms with Crippen LogP contribution < -0.4 is 16.4 Å². The summed E-state index contributed by atoms with van der Waals surface area (Å²) in [6.07, 6.45) is 1.28. The predicted octanol–water partition coefficient (Wildman–Crippen LogP) is 5.48. The van der Waals surface area contributed by atoms with Crippen LogP contribution in [-0.4, -0.2) is 23.5 Å². The molecule has 0 saturated heterocycles. The summed E-state index contributed by atoms with van der Waals surface area (Å²) >= 11 is 1.51. The molecule has 1 atom stereocenters. The average molecular weight is 475 g/mol. The van der Waals surface area contributed by atoms with Crippen LogP contribution in [0.25, 0.3) is 10.4 Å². The second-order valence-corrected chi connectivity index (χ2v) is 9.23. The molecule has 0 aliphatic carbocycles. The van der Waals surface area contributed by atoms with Gasteiger partial charge in [0.1, 0.15) is 0 Å². The summed E-state index contributed by atoms with van der Waals surface area (Å²) in [7, 11) is 0. The minimum Gasteiger partial charge on any atom is -0.360 e. The fourth-order valence-corrected chi connectivity index (χ4v) is 4.62. The number of carbonyl (C=O) groups is 1. The molecule has 4 rings (SSSR count). The maximum Gasteiger partial charge on any atom is 0.416 e. The first kappa shape index (κ1) is 23.3. The summed E-state index contributed by atoms with van der Waals surface area (Å²) in [5.41, 5.74) is 9.31. The van der Waals surface area contributed by atoms with E-state index >= 15 is 0 Å². The van der Waals surface area contributed by atoms with Crippen LogP contribution in [0.3, 0.4) is 0 Å². The van der Waals surface area contributed by atoms with E-state index in [2.05, 4.69) is 21.7 Å². The van der Waals surface area contributed by atoms with Crippen molar-refractivity contribution in [2.24, 2.45) is 5.73 Å². The van der Waals surface area contributed by atoms with Crippen LogP contribution in [0, 0.1) is 0 Å². The molecule has 0 spiro atoms. The van der Waals surface area contributed by atoms with E-state index in [0.29, 0.717) is 19.4 Å². The highest BCUT2D eigenvalue weighted by molar-refractivity contribution is 7.18. The molecule has 2 heterocycles. The van der Waals surface area contributed by atoms with Gasteiger partial charge >= 0.3 is 6.18 Å². The lowest BCUT2D eigenvalue weighted by molar-refractivity contribution is -0.137. The molecule has 1 amide bonds. The molecule has 9 heteroatoms.